The first-order valence-corrected chi connectivity index (χ1v) is 5.70. The molecule has 5 heteroatoms. The maximum absolute atomic E-state index is 12.0. The molecule has 0 unspecified atom stereocenters. The Morgan fingerprint density at radius 3 is 2.56 bits per heavy atom. The molecule has 1 saturated heterocycles. The van der Waals surface area contributed by atoms with Crippen LogP contribution >= 0.6 is 17.0 Å². The summed E-state index contributed by atoms with van der Waals surface area (Å²) in [5.41, 5.74) is 0.672. The van der Waals surface area contributed by atoms with Gasteiger partial charge in [-0.1, -0.05) is 0 Å². The van der Waals surface area contributed by atoms with Crippen LogP contribution in [0.4, 0.5) is 0 Å². The van der Waals surface area contributed by atoms with Crippen molar-refractivity contribution >= 4 is 28.6 Å². The van der Waals surface area contributed by atoms with Crippen LogP contribution in [0.25, 0.3) is 0 Å². The summed E-state index contributed by atoms with van der Waals surface area (Å²) < 4.78 is 5.04. The van der Waals surface area contributed by atoms with Crippen LogP contribution in [0.3, 0.4) is 0 Å². The summed E-state index contributed by atoms with van der Waals surface area (Å²) >= 11 is 0. The second-order valence-electron chi connectivity index (χ2n) is 4.12. The highest BCUT2D eigenvalue weighted by atomic mass is 79.9. The third-order valence-electron chi connectivity index (χ3n) is 2.97. The second-order valence-corrected chi connectivity index (χ2v) is 4.12. The molecule has 1 N–H and O–H groups in total. The number of nitrogens with one attached hydrogen (secondary N) is 1. The van der Waals surface area contributed by atoms with Gasteiger partial charge in [0.25, 0.3) is 0 Å². The van der Waals surface area contributed by atoms with Crippen LogP contribution in [0.15, 0.2) is 24.3 Å². The minimum absolute atomic E-state index is 0. The molecule has 1 aromatic carbocycles. The van der Waals surface area contributed by atoms with Crippen molar-refractivity contribution in [2.75, 3.05) is 20.2 Å². The first kappa shape index (κ1) is 14.7. The minimum atomic E-state index is 0. The van der Waals surface area contributed by atoms with Crippen molar-refractivity contribution in [1.29, 1.82) is 5.41 Å². The predicted molar refractivity (Wildman–Crippen MR) is 76.2 cm³/mol. The van der Waals surface area contributed by atoms with Gasteiger partial charge in [-0.2, -0.15) is 0 Å². The van der Waals surface area contributed by atoms with Gasteiger partial charge in [-0.05, 0) is 30.7 Å². The molecule has 0 aromatic heterocycles. The monoisotopic (exact) mass is 312 g/mol. The maximum Gasteiger partial charge on any atom is 0.182 e. The van der Waals surface area contributed by atoms with E-state index < -0.39 is 0 Å². The summed E-state index contributed by atoms with van der Waals surface area (Å²) in [4.78, 5) is 13.8. The molecule has 2 rings (SSSR count). The minimum Gasteiger partial charge on any atom is -0.497 e. The van der Waals surface area contributed by atoms with E-state index in [2.05, 4.69) is 0 Å². The Kier molecular flexibility index (Phi) is 5.34. The van der Waals surface area contributed by atoms with E-state index in [1.807, 2.05) is 4.90 Å². The molecule has 1 aromatic rings. The number of likely N-dealkylation sites (tertiary alicyclic amines) is 1. The number of benzene rings is 1. The summed E-state index contributed by atoms with van der Waals surface area (Å²) in [6.45, 7) is 1.13. The molecular weight excluding hydrogens is 296 g/mol. The molecule has 18 heavy (non-hydrogen) atoms. The first-order valence-electron chi connectivity index (χ1n) is 5.70. The number of halogens is 1. The van der Waals surface area contributed by atoms with E-state index >= 15 is 0 Å². The number of nitrogens with zero attached hydrogens (tertiary/aromatic N) is 1. The topological polar surface area (TPSA) is 53.4 Å². The number of carbonyl (C=O) groups excluding carboxylic acids is 1. The average Bonchev–Trinajstić information content (AvgIpc) is 2.75. The van der Waals surface area contributed by atoms with Crippen molar-refractivity contribution in [3.05, 3.63) is 29.8 Å². The summed E-state index contributed by atoms with van der Waals surface area (Å²) in [5.74, 6) is 1.38. The Bertz CT molecular complexity index is 431. The van der Waals surface area contributed by atoms with Crippen molar-refractivity contribution in [3.63, 3.8) is 0 Å². The fourth-order valence-electron chi connectivity index (χ4n) is 1.95. The SMILES string of the molecule is Br.COc1ccc(C(=O)CN2CCCC2=N)cc1. The summed E-state index contributed by atoms with van der Waals surface area (Å²) in [6, 6.07) is 7.09. The van der Waals surface area contributed by atoms with Gasteiger partial charge in [0.05, 0.1) is 19.5 Å². The molecule has 4 nitrogen and oxygen atoms in total. The second kappa shape index (κ2) is 6.54. The number of carbonyl (C=O) groups is 1. The fourth-order valence-corrected chi connectivity index (χ4v) is 1.95. The van der Waals surface area contributed by atoms with Crippen molar-refractivity contribution in [3.8, 4) is 5.75 Å². The quantitative estimate of drug-likeness (QED) is 0.869. The van der Waals surface area contributed by atoms with Gasteiger partial charge < -0.3 is 9.64 Å². The lowest BCUT2D eigenvalue weighted by Crippen LogP contribution is -2.30. The van der Waals surface area contributed by atoms with Crippen molar-refractivity contribution in [2.45, 2.75) is 12.8 Å². The Labute approximate surface area is 117 Å². The summed E-state index contributed by atoms with van der Waals surface area (Å²) in [6.07, 6.45) is 1.77. The van der Waals surface area contributed by atoms with Crippen LogP contribution in [-0.2, 0) is 0 Å². The van der Waals surface area contributed by atoms with Gasteiger partial charge in [-0.3, -0.25) is 10.2 Å². The number of hydrogen-bond acceptors (Lipinski definition) is 3. The summed E-state index contributed by atoms with van der Waals surface area (Å²) in [7, 11) is 1.60. The molecule has 0 bridgehead atoms. The van der Waals surface area contributed by atoms with E-state index in [0.29, 0.717) is 17.9 Å². The Morgan fingerprint density at radius 1 is 1.39 bits per heavy atom. The molecule has 0 aliphatic carbocycles. The van der Waals surface area contributed by atoms with E-state index in [1.54, 1.807) is 31.4 Å². The summed E-state index contributed by atoms with van der Waals surface area (Å²) in [5, 5.41) is 7.68. The van der Waals surface area contributed by atoms with Gasteiger partial charge in [0.15, 0.2) is 5.78 Å². The number of ether oxygens (including phenoxy) is 1. The number of ketones is 1. The lowest BCUT2D eigenvalue weighted by atomic mass is 10.1. The molecule has 1 heterocycles. The third kappa shape index (κ3) is 3.32. The molecule has 1 aliphatic rings. The van der Waals surface area contributed by atoms with Gasteiger partial charge in [-0.25, -0.2) is 0 Å². The van der Waals surface area contributed by atoms with E-state index in [0.717, 1.165) is 25.1 Å². The molecule has 0 saturated carbocycles. The van der Waals surface area contributed by atoms with Crippen molar-refractivity contribution in [2.24, 2.45) is 0 Å². The van der Waals surface area contributed by atoms with Crippen LogP contribution in [0.1, 0.15) is 23.2 Å². The van der Waals surface area contributed by atoms with Gasteiger partial charge >= 0.3 is 0 Å². The molecule has 0 radical (unpaired) electrons. The Hall–Kier alpha value is -1.36. The zero-order valence-electron chi connectivity index (χ0n) is 10.3. The molecule has 0 amide bonds. The zero-order chi connectivity index (χ0) is 12.3. The molecule has 98 valence electrons. The van der Waals surface area contributed by atoms with Crippen LogP contribution in [0, 0.1) is 5.41 Å². The maximum atomic E-state index is 12.0. The lowest BCUT2D eigenvalue weighted by molar-refractivity contribution is 0.0966. The fraction of sp³-hybridized carbons (Fsp3) is 0.385. The number of rotatable bonds is 4. The Morgan fingerprint density at radius 2 is 2.06 bits per heavy atom. The number of amidine groups is 1. The molecule has 1 aliphatic heterocycles. The molecule has 1 fully saturated rings. The highest BCUT2D eigenvalue weighted by Gasteiger charge is 2.19. The van der Waals surface area contributed by atoms with Gasteiger partial charge in [-0.15, -0.1) is 17.0 Å². The highest BCUT2D eigenvalue weighted by Crippen LogP contribution is 2.14. The first-order chi connectivity index (χ1) is 8.20. The van der Waals surface area contributed by atoms with Gasteiger partial charge in [0, 0.05) is 18.5 Å². The van der Waals surface area contributed by atoms with Crippen LogP contribution < -0.4 is 4.74 Å². The van der Waals surface area contributed by atoms with E-state index in [-0.39, 0.29) is 22.8 Å². The smallest absolute Gasteiger partial charge is 0.182 e. The predicted octanol–water partition coefficient (Wildman–Crippen LogP) is 2.53. The number of Topliss-reactive ketones (excluding diaryl/α,β-unsaturated/α-hetero) is 1. The standard InChI is InChI=1S/C13H16N2O2.BrH/c1-17-11-6-4-10(5-7-11)12(16)9-15-8-2-3-13(15)14;/h4-7,14H,2-3,8-9H2,1H3;1H. The number of methoxy groups -OCH3 is 1. The normalized spacial score (nSPS) is 14.3. The zero-order valence-corrected chi connectivity index (χ0v) is 12.0. The highest BCUT2D eigenvalue weighted by molar-refractivity contribution is 8.93. The molecule has 0 atom stereocenters. The van der Waals surface area contributed by atoms with Gasteiger partial charge in [0.2, 0.25) is 0 Å². The molecular formula is C13H17BrN2O2. The van der Waals surface area contributed by atoms with Crippen molar-refractivity contribution in [1.82, 2.24) is 4.90 Å². The lowest BCUT2D eigenvalue weighted by Gasteiger charge is -2.16. The van der Waals surface area contributed by atoms with Crippen molar-refractivity contribution < 1.29 is 9.53 Å². The van der Waals surface area contributed by atoms with Gasteiger partial charge in [0.1, 0.15) is 5.75 Å². The van der Waals surface area contributed by atoms with Crippen LogP contribution in [0.2, 0.25) is 0 Å². The van der Waals surface area contributed by atoms with Crippen LogP contribution in [0.5, 0.6) is 5.75 Å². The van der Waals surface area contributed by atoms with E-state index in [9.17, 15) is 4.79 Å². The van der Waals surface area contributed by atoms with Crippen LogP contribution in [-0.4, -0.2) is 36.7 Å². The largest absolute Gasteiger partial charge is 0.497 e. The van der Waals surface area contributed by atoms with E-state index in [4.69, 9.17) is 10.1 Å². The third-order valence-corrected chi connectivity index (χ3v) is 2.97. The Balaban J connectivity index is 0.00000162. The number of hydrogen-bond donors (Lipinski definition) is 1. The van der Waals surface area contributed by atoms with E-state index in [1.165, 1.54) is 0 Å². The average molecular weight is 313 g/mol. The molecule has 0 spiro atoms.